The number of methoxy groups -OCH3 is 1. The molecule has 0 aromatic heterocycles. The zero-order chi connectivity index (χ0) is 21.8. The number of halogens is 1. The number of hydrogen-bond acceptors (Lipinski definition) is 3. The third-order valence-electron chi connectivity index (χ3n) is 5.55. The molecular formula is C27H26ClNO3. The van der Waals surface area contributed by atoms with Gasteiger partial charge in [-0.15, -0.1) is 12.4 Å². The summed E-state index contributed by atoms with van der Waals surface area (Å²) in [5.74, 6) is -0.0754. The zero-order valence-corrected chi connectivity index (χ0v) is 18.9. The van der Waals surface area contributed by atoms with Gasteiger partial charge >= 0.3 is 5.97 Å². The molecule has 4 aromatic rings. The minimum atomic E-state index is -0.920. The maximum Gasteiger partial charge on any atom is 0.335 e. The number of carbonyl (C=O) groups is 1. The van der Waals surface area contributed by atoms with Gasteiger partial charge in [0.25, 0.3) is 0 Å². The number of nitrogens with one attached hydrogen (secondary N) is 1. The quantitative estimate of drug-likeness (QED) is 0.340. The van der Waals surface area contributed by atoms with Crippen LogP contribution in [0.15, 0.2) is 84.9 Å². The average molecular weight is 448 g/mol. The maximum atomic E-state index is 11.5. The maximum absolute atomic E-state index is 11.5. The molecule has 4 nitrogen and oxygen atoms in total. The van der Waals surface area contributed by atoms with E-state index in [-0.39, 0.29) is 24.0 Å². The molecule has 0 saturated carbocycles. The SMILES string of the molecule is COc1cccc(C(C)NCc2cc(-c3cccc(C(=O)O)c3)c3ccccc3c2)c1.Cl. The molecule has 0 aliphatic rings. The molecule has 0 spiro atoms. The van der Waals surface area contributed by atoms with Gasteiger partial charge in [-0.25, -0.2) is 4.79 Å². The van der Waals surface area contributed by atoms with Crippen LogP contribution in [0.3, 0.4) is 0 Å². The number of aromatic carboxylic acids is 1. The van der Waals surface area contributed by atoms with E-state index in [1.165, 1.54) is 0 Å². The second-order valence-corrected chi connectivity index (χ2v) is 7.63. The minimum Gasteiger partial charge on any atom is -0.497 e. The molecule has 1 atom stereocenters. The third-order valence-corrected chi connectivity index (χ3v) is 5.55. The van der Waals surface area contributed by atoms with Crippen LogP contribution >= 0.6 is 12.4 Å². The fourth-order valence-corrected chi connectivity index (χ4v) is 3.83. The van der Waals surface area contributed by atoms with E-state index in [1.807, 2.05) is 36.4 Å². The lowest BCUT2D eigenvalue weighted by Crippen LogP contribution is -2.18. The molecule has 0 bridgehead atoms. The van der Waals surface area contributed by atoms with Gasteiger partial charge in [0.1, 0.15) is 5.75 Å². The highest BCUT2D eigenvalue weighted by Crippen LogP contribution is 2.31. The summed E-state index contributed by atoms with van der Waals surface area (Å²) in [6.07, 6.45) is 0. The predicted octanol–water partition coefficient (Wildman–Crippen LogP) is 6.49. The van der Waals surface area contributed by atoms with Crippen molar-refractivity contribution in [1.82, 2.24) is 5.32 Å². The topological polar surface area (TPSA) is 58.6 Å². The highest BCUT2D eigenvalue weighted by molar-refractivity contribution is 5.98. The first-order valence-corrected chi connectivity index (χ1v) is 10.3. The molecule has 4 rings (SSSR count). The Morgan fingerprint density at radius 2 is 1.75 bits per heavy atom. The Bertz CT molecular complexity index is 1240. The van der Waals surface area contributed by atoms with Gasteiger partial charge in [0, 0.05) is 12.6 Å². The molecular weight excluding hydrogens is 422 g/mol. The second-order valence-electron chi connectivity index (χ2n) is 7.63. The first kappa shape index (κ1) is 23.3. The molecule has 2 N–H and O–H groups in total. The van der Waals surface area contributed by atoms with E-state index in [1.54, 1.807) is 25.3 Å². The number of benzene rings is 4. The molecule has 0 radical (unpaired) electrons. The number of rotatable bonds is 7. The van der Waals surface area contributed by atoms with Gasteiger partial charge in [0.05, 0.1) is 12.7 Å². The number of carboxylic acid groups (broad SMARTS) is 1. The summed E-state index contributed by atoms with van der Waals surface area (Å²) >= 11 is 0. The summed E-state index contributed by atoms with van der Waals surface area (Å²) in [4.78, 5) is 11.5. The Kier molecular flexibility index (Phi) is 7.52. The van der Waals surface area contributed by atoms with E-state index in [0.29, 0.717) is 6.54 Å². The monoisotopic (exact) mass is 447 g/mol. The molecule has 5 heteroatoms. The van der Waals surface area contributed by atoms with Crippen molar-refractivity contribution < 1.29 is 14.6 Å². The summed E-state index contributed by atoms with van der Waals surface area (Å²) in [5.41, 5.74) is 4.53. The minimum absolute atomic E-state index is 0. The van der Waals surface area contributed by atoms with E-state index in [2.05, 4.69) is 42.6 Å². The van der Waals surface area contributed by atoms with E-state index in [9.17, 15) is 9.90 Å². The summed E-state index contributed by atoms with van der Waals surface area (Å²) in [7, 11) is 1.67. The summed E-state index contributed by atoms with van der Waals surface area (Å²) in [5, 5.41) is 15.2. The van der Waals surface area contributed by atoms with Gasteiger partial charge in [0.2, 0.25) is 0 Å². The van der Waals surface area contributed by atoms with Crippen LogP contribution in [-0.4, -0.2) is 18.2 Å². The van der Waals surface area contributed by atoms with Gasteiger partial charge in [-0.2, -0.15) is 0 Å². The molecule has 0 aliphatic carbocycles. The Hall–Kier alpha value is -3.34. The Morgan fingerprint density at radius 1 is 0.969 bits per heavy atom. The zero-order valence-electron chi connectivity index (χ0n) is 18.0. The van der Waals surface area contributed by atoms with Gasteiger partial charge in [-0.05, 0) is 76.3 Å². The van der Waals surface area contributed by atoms with Crippen LogP contribution in [0.25, 0.3) is 21.9 Å². The Morgan fingerprint density at radius 3 is 2.53 bits per heavy atom. The van der Waals surface area contributed by atoms with Crippen LogP contribution in [0, 0.1) is 0 Å². The third kappa shape index (κ3) is 5.10. The summed E-state index contributed by atoms with van der Waals surface area (Å²) in [6.45, 7) is 2.82. The largest absolute Gasteiger partial charge is 0.497 e. The number of fused-ring (bicyclic) bond motifs is 1. The molecule has 164 valence electrons. The van der Waals surface area contributed by atoms with Gasteiger partial charge in [-0.1, -0.05) is 48.5 Å². The van der Waals surface area contributed by atoms with Crippen molar-refractivity contribution in [1.29, 1.82) is 0 Å². The molecule has 1 unspecified atom stereocenters. The van der Waals surface area contributed by atoms with Crippen molar-refractivity contribution >= 4 is 29.1 Å². The summed E-state index contributed by atoms with van der Waals surface area (Å²) < 4.78 is 5.34. The fourth-order valence-electron chi connectivity index (χ4n) is 3.83. The first-order valence-electron chi connectivity index (χ1n) is 10.3. The van der Waals surface area contributed by atoms with E-state index in [4.69, 9.17) is 4.74 Å². The highest BCUT2D eigenvalue weighted by atomic mass is 35.5. The fraction of sp³-hybridized carbons (Fsp3) is 0.148. The van der Waals surface area contributed by atoms with Gasteiger partial charge < -0.3 is 15.2 Å². The standard InChI is InChI=1S/C27H25NO3.ClH/c1-18(20-8-6-11-24(16-20)31-2)28-17-19-13-21-7-3-4-12-25(21)26(14-19)22-9-5-10-23(15-22)27(29)30;/h3-16,18,28H,17H2,1-2H3,(H,29,30);1H. The smallest absolute Gasteiger partial charge is 0.335 e. The number of ether oxygens (including phenoxy) is 1. The average Bonchev–Trinajstić information content (AvgIpc) is 2.82. The molecule has 0 heterocycles. The lowest BCUT2D eigenvalue weighted by molar-refractivity contribution is 0.0697. The first-order chi connectivity index (χ1) is 15.0. The Balaban J connectivity index is 0.00000289. The lowest BCUT2D eigenvalue weighted by Gasteiger charge is -2.17. The van der Waals surface area contributed by atoms with Crippen molar-refractivity contribution in [2.24, 2.45) is 0 Å². The molecule has 0 saturated heterocycles. The van der Waals surface area contributed by atoms with Crippen molar-refractivity contribution in [2.45, 2.75) is 19.5 Å². The Labute approximate surface area is 194 Å². The highest BCUT2D eigenvalue weighted by Gasteiger charge is 2.11. The van der Waals surface area contributed by atoms with Crippen molar-refractivity contribution in [3.05, 3.63) is 102 Å². The molecule has 32 heavy (non-hydrogen) atoms. The van der Waals surface area contributed by atoms with Crippen LogP contribution in [0.5, 0.6) is 5.75 Å². The molecule has 4 aromatic carbocycles. The molecule has 0 aliphatic heterocycles. The van der Waals surface area contributed by atoms with Crippen LogP contribution in [0.1, 0.15) is 34.5 Å². The predicted molar refractivity (Wildman–Crippen MR) is 132 cm³/mol. The van der Waals surface area contributed by atoms with E-state index in [0.717, 1.165) is 38.8 Å². The van der Waals surface area contributed by atoms with Crippen LogP contribution in [0.4, 0.5) is 0 Å². The van der Waals surface area contributed by atoms with Crippen molar-refractivity contribution in [3.63, 3.8) is 0 Å². The molecule has 0 amide bonds. The normalized spacial score (nSPS) is 11.6. The number of hydrogen-bond donors (Lipinski definition) is 2. The summed E-state index contributed by atoms with van der Waals surface area (Å²) in [6, 6.07) is 27.9. The van der Waals surface area contributed by atoms with Gasteiger partial charge in [-0.3, -0.25) is 0 Å². The van der Waals surface area contributed by atoms with Crippen LogP contribution in [0.2, 0.25) is 0 Å². The van der Waals surface area contributed by atoms with E-state index >= 15 is 0 Å². The van der Waals surface area contributed by atoms with Crippen LogP contribution in [-0.2, 0) is 6.54 Å². The number of carboxylic acids is 1. The second kappa shape index (κ2) is 10.3. The van der Waals surface area contributed by atoms with Crippen LogP contribution < -0.4 is 10.1 Å². The van der Waals surface area contributed by atoms with Gasteiger partial charge in [0.15, 0.2) is 0 Å². The van der Waals surface area contributed by atoms with E-state index < -0.39 is 5.97 Å². The van der Waals surface area contributed by atoms with Crippen molar-refractivity contribution in [2.75, 3.05) is 7.11 Å². The lowest BCUT2D eigenvalue weighted by atomic mass is 9.94. The van der Waals surface area contributed by atoms with Crippen molar-refractivity contribution in [3.8, 4) is 16.9 Å². The molecule has 0 fully saturated rings.